The van der Waals surface area contributed by atoms with E-state index in [1.54, 1.807) is 0 Å². The summed E-state index contributed by atoms with van der Waals surface area (Å²) in [4.78, 5) is 4.92. The SMILES string of the molecule is Cc1cc(CNC(C)C)ccc1N1CCC(N(C)C)CC1. The second-order valence-corrected chi connectivity index (χ2v) is 6.84. The van der Waals surface area contributed by atoms with E-state index in [4.69, 9.17) is 0 Å². The third-order valence-corrected chi connectivity index (χ3v) is 4.51. The minimum absolute atomic E-state index is 0.537. The first-order valence-electron chi connectivity index (χ1n) is 8.21. The topological polar surface area (TPSA) is 18.5 Å². The van der Waals surface area contributed by atoms with Gasteiger partial charge in [0.25, 0.3) is 0 Å². The van der Waals surface area contributed by atoms with Crippen molar-refractivity contribution in [1.82, 2.24) is 10.2 Å². The highest BCUT2D eigenvalue weighted by molar-refractivity contribution is 5.54. The van der Waals surface area contributed by atoms with Crippen LogP contribution < -0.4 is 10.2 Å². The molecule has 3 nitrogen and oxygen atoms in total. The number of hydrogen-bond donors (Lipinski definition) is 1. The summed E-state index contributed by atoms with van der Waals surface area (Å²) in [5.41, 5.74) is 4.20. The van der Waals surface area contributed by atoms with Crippen LogP contribution in [0.3, 0.4) is 0 Å². The van der Waals surface area contributed by atoms with E-state index in [1.165, 1.54) is 42.7 Å². The number of aryl methyl sites for hydroxylation is 1. The molecule has 1 fully saturated rings. The molecule has 1 aliphatic heterocycles. The quantitative estimate of drug-likeness (QED) is 0.899. The Morgan fingerprint density at radius 2 is 1.90 bits per heavy atom. The van der Waals surface area contributed by atoms with Crippen LogP contribution in [0, 0.1) is 6.92 Å². The van der Waals surface area contributed by atoms with E-state index in [2.05, 4.69) is 68.2 Å². The first kappa shape index (κ1) is 16.3. The lowest BCUT2D eigenvalue weighted by Gasteiger charge is -2.37. The second-order valence-electron chi connectivity index (χ2n) is 6.84. The number of hydrogen-bond acceptors (Lipinski definition) is 3. The van der Waals surface area contributed by atoms with Gasteiger partial charge in [0.15, 0.2) is 0 Å². The maximum atomic E-state index is 3.49. The molecule has 1 aromatic carbocycles. The summed E-state index contributed by atoms with van der Waals surface area (Å²) in [5.74, 6) is 0. The highest BCUT2D eigenvalue weighted by Gasteiger charge is 2.21. The van der Waals surface area contributed by atoms with Gasteiger partial charge in [-0.1, -0.05) is 26.0 Å². The van der Waals surface area contributed by atoms with Crippen molar-refractivity contribution in [3.63, 3.8) is 0 Å². The molecule has 1 saturated heterocycles. The molecule has 21 heavy (non-hydrogen) atoms. The molecule has 2 rings (SSSR count). The van der Waals surface area contributed by atoms with Crippen molar-refractivity contribution in [2.45, 2.75) is 52.2 Å². The molecule has 0 aliphatic carbocycles. The summed E-state index contributed by atoms with van der Waals surface area (Å²) < 4.78 is 0. The molecule has 0 bridgehead atoms. The van der Waals surface area contributed by atoms with Crippen LogP contribution in [0.1, 0.15) is 37.8 Å². The van der Waals surface area contributed by atoms with Crippen molar-refractivity contribution in [3.05, 3.63) is 29.3 Å². The zero-order valence-corrected chi connectivity index (χ0v) is 14.3. The van der Waals surface area contributed by atoms with Gasteiger partial charge in [-0.05, 0) is 51.1 Å². The van der Waals surface area contributed by atoms with Crippen LogP contribution in [0.4, 0.5) is 5.69 Å². The van der Waals surface area contributed by atoms with Crippen LogP contribution in [0.25, 0.3) is 0 Å². The molecule has 3 heteroatoms. The highest BCUT2D eigenvalue weighted by atomic mass is 15.2. The largest absolute Gasteiger partial charge is 0.371 e. The van der Waals surface area contributed by atoms with Gasteiger partial charge < -0.3 is 15.1 Å². The summed E-state index contributed by atoms with van der Waals surface area (Å²) in [6, 6.07) is 8.20. The molecule has 1 N–H and O–H groups in total. The number of piperidine rings is 1. The molecule has 0 atom stereocenters. The summed E-state index contributed by atoms with van der Waals surface area (Å²) >= 11 is 0. The summed E-state index contributed by atoms with van der Waals surface area (Å²) in [5, 5.41) is 3.49. The molecule has 0 amide bonds. The van der Waals surface area contributed by atoms with Crippen molar-refractivity contribution in [1.29, 1.82) is 0 Å². The van der Waals surface area contributed by atoms with Crippen LogP contribution >= 0.6 is 0 Å². The molecule has 0 unspecified atom stereocenters. The average molecular weight is 289 g/mol. The first-order chi connectivity index (χ1) is 9.97. The fourth-order valence-electron chi connectivity index (χ4n) is 3.13. The Morgan fingerprint density at radius 3 is 2.43 bits per heavy atom. The predicted octanol–water partition coefficient (Wildman–Crippen LogP) is 3.02. The third-order valence-electron chi connectivity index (χ3n) is 4.51. The predicted molar refractivity (Wildman–Crippen MR) is 92.1 cm³/mol. The van der Waals surface area contributed by atoms with E-state index < -0.39 is 0 Å². The van der Waals surface area contributed by atoms with E-state index in [0.717, 1.165) is 12.6 Å². The zero-order valence-electron chi connectivity index (χ0n) is 14.3. The van der Waals surface area contributed by atoms with Crippen molar-refractivity contribution < 1.29 is 0 Å². The van der Waals surface area contributed by atoms with Gasteiger partial charge in [0.1, 0.15) is 0 Å². The van der Waals surface area contributed by atoms with Crippen molar-refractivity contribution in [2.75, 3.05) is 32.1 Å². The van der Waals surface area contributed by atoms with Gasteiger partial charge in [0.2, 0.25) is 0 Å². The van der Waals surface area contributed by atoms with Gasteiger partial charge in [0, 0.05) is 37.4 Å². The maximum Gasteiger partial charge on any atom is 0.0396 e. The summed E-state index contributed by atoms with van der Waals surface area (Å²) in [6.07, 6.45) is 2.53. The van der Waals surface area contributed by atoms with E-state index in [9.17, 15) is 0 Å². The number of anilines is 1. The van der Waals surface area contributed by atoms with E-state index in [0.29, 0.717) is 6.04 Å². The zero-order chi connectivity index (χ0) is 15.4. The van der Waals surface area contributed by atoms with Gasteiger partial charge in [-0.15, -0.1) is 0 Å². The molecule has 1 heterocycles. The van der Waals surface area contributed by atoms with E-state index in [1.807, 2.05) is 0 Å². The molecule has 1 aliphatic rings. The number of benzene rings is 1. The third kappa shape index (κ3) is 4.45. The van der Waals surface area contributed by atoms with Crippen LogP contribution in [-0.2, 0) is 6.54 Å². The van der Waals surface area contributed by atoms with E-state index in [-0.39, 0.29) is 0 Å². The Morgan fingerprint density at radius 1 is 1.24 bits per heavy atom. The van der Waals surface area contributed by atoms with Gasteiger partial charge in [-0.2, -0.15) is 0 Å². The number of nitrogens with zero attached hydrogens (tertiary/aromatic N) is 2. The van der Waals surface area contributed by atoms with Crippen LogP contribution in [0.5, 0.6) is 0 Å². The fraction of sp³-hybridized carbons (Fsp3) is 0.667. The van der Waals surface area contributed by atoms with Gasteiger partial charge in [-0.3, -0.25) is 0 Å². The van der Waals surface area contributed by atoms with Crippen LogP contribution in [0.15, 0.2) is 18.2 Å². The fourth-order valence-corrected chi connectivity index (χ4v) is 3.13. The lowest BCUT2D eigenvalue weighted by Crippen LogP contribution is -2.42. The standard InChI is InChI=1S/C18H31N3/c1-14(2)19-13-16-6-7-18(15(3)12-16)21-10-8-17(9-11-21)20(4)5/h6-7,12,14,17,19H,8-11,13H2,1-5H3. The Hall–Kier alpha value is -1.06. The van der Waals surface area contributed by atoms with Crippen molar-refractivity contribution in [2.24, 2.45) is 0 Å². The minimum Gasteiger partial charge on any atom is -0.371 e. The van der Waals surface area contributed by atoms with Crippen LogP contribution in [-0.4, -0.2) is 44.2 Å². The van der Waals surface area contributed by atoms with Crippen molar-refractivity contribution in [3.8, 4) is 0 Å². The molecular formula is C18H31N3. The van der Waals surface area contributed by atoms with E-state index >= 15 is 0 Å². The summed E-state index contributed by atoms with van der Waals surface area (Å²) in [6.45, 7) is 9.93. The smallest absolute Gasteiger partial charge is 0.0396 e. The van der Waals surface area contributed by atoms with Gasteiger partial charge in [0.05, 0.1) is 0 Å². The number of rotatable bonds is 5. The molecule has 0 spiro atoms. The van der Waals surface area contributed by atoms with Crippen LogP contribution in [0.2, 0.25) is 0 Å². The lowest BCUT2D eigenvalue weighted by molar-refractivity contribution is 0.249. The van der Waals surface area contributed by atoms with Gasteiger partial charge in [-0.25, -0.2) is 0 Å². The molecule has 0 saturated carbocycles. The molecule has 118 valence electrons. The van der Waals surface area contributed by atoms with Gasteiger partial charge >= 0.3 is 0 Å². The highest BCUT2D eigenvalue weighted by Crippen LogP contribution is 2.25. The Labute approximate surface area is 130 Å². The molecule has 0 radical (unpaired) electrons. The first-order valence-corrected chi connectivity index (χ1v) is 8.21. The molecule has 0 aromatic heterocycles. The normalized spacial score (nSPS) is 17.0. The number of nitrogens with one attached hydrogen (secondary N) is 1. The Kier molecular flexibility index (Phi) is 5.65. The lowest BCUT2D eigenvalue weighted by atomic mass is 10.0. The minimum atomic E-state index is 0.537. The monoisotopic (exact) mass is 289 g/mol. The summed E-state index contributed by atoms with van der Waals surface area (Å²) in [7, 11) is 4.39. The average Bonchev–Trinajstić information content (AvgIpc) is 2.45. The Bertz CT molecular complexity index is 446. The molecule has 1 aromatic rings. The Balaban J connectivity index is 1.98. The van der Waals surface area contributed by atoms with Crippen molar-refractivity contribution >= 4 is 5.69 Å². The second kappa shape index (κ2) is 7.28. The maximum absolute atomic E-state index is 3.49. The molecular weight excluding hydrogens is 258 g/mol.